The van der Waals surface area contributed by atoms with Crippen LogP contribution in [0.15, 0.2) is 24.3 Å². The van der Waals surface area contributed by atoms with E-state index in [0.717, 1.165) is 31.7 Å². The van der Waals surface area contributed by atoms with Crippen LogP contribution in [0.2, 0.25) is 0 Å². The van der Waals surface area contributed by atoms with Gasteiger partial charge < -0.3 is 9.80 Å². The summed E-state index contributed by atoms with van der Waals surface area (Å²) in [6, 6.07) is 6.28. The third-order valence-electron chi connectivity index (χ3n) is 3.65. The molecule has 1 aliphatic heterocycles. The maximum Gasteiger partial charge on any atom is 0.246 e. The van der Waals surface area contributed by atoms with Crippen LogP contribution >= 0.6 is 0 Å². The lowest BCUT2D eigenvalue weighted by Gasteiger charge is -2.31. The minimum absolute atomic E-state index is 0.119. The predicted octanol–water partition coefficient (Wildman–Crippen LogP) is 2.09. The van der Waals surface area contributed by atoms with Crippen molar-refractivity contribution in [2.75, 3.05) is 33.2 Å². The molecule has 19 heavy (non-hydrogen) atoms. The molecule has 1 aromatic rings. The first kappa shape index (κ1) is 13.8. The van der Waals surface area contributed by atoms with Crippen molar-refractivity contribution >= 4 is 12.0 Å². The molecule has 0 atom stereocenters. The maximum atomic E-state index is 12.1. The van der Waals surface area contributed by atoms with Crippen molar-refractivity contribution in [1.82, 2.24) is 9.80 Å². The third-order valence-corrected chi connectivity index (χ3v) is 3.65. The van der Waals surface area contributed by atoms with Crippen LogP contribution in [0.1, 0.15) is 16.7 Å². The molecule has 0 bridgehead atoms. The second kappa shape index (κ2) is 6.02. The first-order chi connectivity index (χ1) is 9.06. The smallest absolute Gasteiger partial charge is 0.246 e. The van der Waals surface area contributed by atoms with Crippen LogP contribution in [0.4, 0.5) is 0 Å². The fraction of sp³-hybridized carbons (Fsp3) is 0.438. The van der Waals surface area contributed by atoms with Crippen LogP contribution < -0.4 is 0 Å². The SMILES string of the molecule is Cc1ccc(/C=C/C(=O)N2CCN(C)CC2)c(C)c1. The molecule has 1 heterocycles. The summed E-state index contributed by atoms with van der Waals surface area (Å²) in [6.45, 7) is 7.73. The van der Waals surface area contributed by atoms with E-state index in [1.807, 2.05) is 11.0 Å². The zero-order valence-electron chi connectivity index (χ0n) is 12.0. The van der Waals surface area contributed by atoms with Gasteiger partial charge in [0.25, 0.3) is 0 Å². The fourth-order valence-corrected chi connectivity index (χ4v) is 2.31. The summed E-state index contributed by atoms with van der Waals surface area (Å²) in [5.74, 6) is 0.119. The van der Waals surface area contributed by atoms with Gasteiger partial charge in [0.1, 0.15) is 0 Å². The van der Waals surface area contributed by atoms with Gasteiger partial charge in [-0.2, -0.15) is 0 Å². The molecule has 0 aromatic heterocycles. The highest BCUT2D eigenvalue weighted by atomic mass is 16.2. The highest BCUT2D eigenvalue weighted by Gasteiger charge is 2.16. The Bertz CT molecular complexity index is 486. The quantitative estimate of drug-likeness (QED) is 0.758. The molecule has 0 unspecified atom stereocenters. The van der Waals surface area contributed by atoms with Crippen LogP contribution in [-0.2, 0) is 4.79 Å². The fourth-order valence-electron chi connectivity index (χ4n) is 2.31. The number of amides is 1. The van der Waals surface area contributed by atoms with E-state index in [0.29, 0.717) is 0 Å². The normalized spacial score (nSPS) is 17.1. The van der Waals surface area contributed by atoms with E-state index in [2.05, 4.69) is 44.0 Å². The number of carbonyl (C=O) groups is 1. The molecule has 3 nitrogen and oxygen atoms in total. The monoisotopic (exact) mass is 258 g/mol. The van der Waals surface area contributed by atoms with E-state index in [1.165, 1.54) is 11.1 Å². The Kier molecular flexibility index (Phi) is 4.38. The number of hydrogen-bond acceptors (Lipinski definition) is 2. The molecule has 1 amide bonds. The van der Waals surface area contributed by atoms with Crippen molar-refractivity contribution in [1.29, 1.82) is 0 Å². The van der Waals surface area contributed by atoms with Gasteiger partial charge in [-0.25, -0.2) is 0 Å². The van der Waals surface area contributed by atoms with Crippen LogP contribution in [0.25, 0.3) is 6.08 Å². The highest BCUT2D eigenvalue weighted by Crippen LogP contribution is 2.12. The van der Waals surface area contributed by atoms with Crippen molar-refractivity contribution < 1.29 is 4.79 Å². The van der Waals surface area contributed by atoms with E-state index in [1.54, 1.807) is 6.08 Å². The van der Waals surface area contributed by atoms with Gasteiger partial charge in [0, 0.05) is 32.3 Å². The number of nitrogens with zero attached hydrogens (tertiary/aromatic N) is 2. The van der Waals surface area contributed by atoms with Gasteiger partial charge in [0.2, 0.25) is 5.91 Å². The molecule has 1 aromatic carbocycles. The number of piperazine rings is 1. The van der Waals surface area contributed by atoms with Crippen LogP contribution in [0, 0.1) is 13.8 Å². The van der Waals surface area contributed by atoms with Gasteiger partial charge >= 0.3 is 0 Å². The van der Waals surface area contributed by atoms with Crippen molar-refractivity contribution in [3.05, 3.63) is 41.0 Å². The average Bonchev–Trinajstić information content (AvgIpc) is 2.38. The van der Waals surface area contributed by atoms with Gasteiger partial charge in [0.15, 0.2) is 0 Å². The zero-order valence-corrected chi connectivity index (χ0v) is 12.0. The lowest BCUT2D eigenvalue weighted by atomic mass is 10.1. The standard InChI is InChI=1S/C16H22N2O/c1-13-4-5-15(14(2)12-13)6-7-16(19)18-10-8-17(3)9-11-18/h4-7,12H,8-11H2,1-3H3/b7-6+. The van der Waals surface area contributed by atoms with Crippen molar-refractivity contribution in [2.45, 2.75) is 13.8 Å². The molecule has 1 aliphatic rings. The Morgan fingerprint density at radius 1 is 1.16 bits per heavy atom. The van der Waals surface area contributed by atoms with Crippen molar-refractivity contribution in [3.8, 4) is 0 Å². The molecule has 1 saturated heterocycles. The second-order valence-corrected chi connectivity index (χ2v) is 5.32. The third kappa shape index (κ3) is 3.67. The summed E-state index contributed by atoms with van der Waals surface area (Å²) >= 11 is 0. The number of likely N-dealkylation sites (N-methyl/N-ethyl adjacent to an activating group) is 1. The molecule has 0 saturated carbocycles. The molecular weight excluding hydrogens is 236 g/mol. The van der Waals surface area contributed by atoms with Crippen LogP contribution in [-0.4, -0.2) is 48.9 Å². The Hall–Kier alpha value is -1.61. The predicted molar refractivity (Wildman–Crippen MR) is 79.0 cm³/mol. The Morgan fingerprint density at radius 3 is 2.47 bits per heavy atom. The lowest BCUT2D eigenvalue weighted by Crippen LogP contribution is -2.46. The lowest BCUT2D eigenvalue weighted by molar-refractivity contribution is -0.127. The second-order valence-electron chi connectivity index (χ2n) is 5.32. The largest absolute Gasteiger partial charge is 0.337 e. The summed E-state index contributed by atoms with van der Waals surface area (Å²) in [5, 5.41) is 0. The Morgan fingerprint density at radius 2 is 1.84 bits per heavy atom. The van der Waals surface area contributed by atoms with Crippen molar-refractivity contribution in [2.24, 2.45) is 0 Å². The van der Waals surface area contributed by atoms with Gasteiger partial charge in [0.05, 0.1) is 0 Å². The summed E-state index contributed by atoms with van der Waals surface area (Å²) in [5.41, 5.74) is 3.58. The van der Waals surface area contributed by atoms with E-state index >= 15 is 0 Å². The molecule has 2 rings (SSSR count). The summed E-state index contributed by atoms with van der Waals surface area (Å²) in [6.07, 6.45) is 3.62. The minimum atomic E-state index is 0.119. The van der Waals surface area contributed by atoms with E-state index in [9.17, 15) is 4.79 Å². The average molecular weight is 258 g/mol. The zero-order chi connectivity index (χ0) is 13.8. The van der Waals surface area contributed by atoms with Crippen LogP contribution in [0.5, 0.6) is 0 Å². The van der Waals surface area contributed by atoms with Gasteiger partial charge in [-0.3, -0.25) is 4.79 Å². The number of carbonyl (C=O) groups excluding carboxylic acids is 1. The summed E-state index contributed by atoms with van der Waals surface area (Å²) in [4.78, 5) is 16.2. The highest BCUT2D eigenvalue weighted by molar-refractivity contribution is 5.92. The topological polar surface area (TPSA) is 23.6 Å². The number of hydrogen-bond donors (Lipinski definition) is 0. The molecule has 102 valence electrons. The van der Waals surface area contributed by atoms with Gasteiger partial charge in [-0.1, -0.05) is 23.8 Å². The van der Waals surface area contributed by atoms with E-state index in [4.69, 9.17) is 0 Å². The van der Waals surface area contributed by atoms with E-state index in [-0.39, 0.29) is 5.91 Å². The van der Waals surface area contributed by atoms with Crippen LogP contribution in [0.3, 0.4) is 0 Å². The summed E-state index contributed by atoms with van der Waals surface area (Å²) < 4.78 is 0. The van der Waals surface area contributed by atoms with Crippen molar-refractivity contribution in [3.63, 3.8) is 0 Å². The minimum Gasteiger partial charge on any atom is -0.337 e. The molecule has 0 radical (unpaired) electrons. The summed E-state index contributed by atoms with van der Waals surface area (Å²) in [7, 11) is 2.09. The molecule has 0 spiro atoms. The molecule has 3 heteroatoms. The van der Waals surface area contributed by atoms with E-state index < -0.39 is 0 Å². The maximum absolute atomic E-state index is 12.1. The molecule has 0 N–H and O–H groups in total. The molecular formula is C16H22N2O. The number of rotatable bonds is 2. The first-order valence-corrected chi connectivity index (χ1v) is 6.79. The molecule has 0 aliphatic carbocycles. The Balaban J connectivity index is 2.00. The first-order valence-electron chi connectivity index (χ1n) is 6.79. The Labute approximate surface area is 115 Å². The van der Waals surface area contributed by atoms with Gasteiger partial charge in [-0.15, -0.1) is 0 Å². The number of benzene rings is 1. The molecule has 1 fully saturated rings. The van der Waals surface area contributed by atoms with Gasteiger partial charge in [-0.05, 0) is 38.1 Å². The number of aryl methyl sites for hydroxylation is 2.